The summed E-state index contributed by atoms with van der Waals surface area (Å²) in [5, 5.41) is 0. The highest BCUT2D eigenvalue weighted by Crippen LogP contribution is 2.57. The van der Waals surface area contributed by atoms with Crippen molar-refractivity contribution in [1.82, 2.24) is 0 Å². The lowest BCUT2D eigenvalue weighted by Crippen LogP contribution is -2.33. The number of allylic oxidation sites excluding steroid dienone is 2. The molecule has 0 spiro atoms. The van der Waals surface area contributed by atoms with E-state index in [1.54, 1.807) is 0 Å². The molecule has 5 atom stereocenters. The van der Waals surface area contributed by atoms with Crippen molar-refractivity contribution in [1.29, 1.82) is 0 Å². The third-order valence-electron chi connectivity index (χ3n) is 4.68. The van der Waals surface area contributed by atoms with Crippen molar-refractivity contribution in [2.24, 2.45) is 29.6 Å². The molecule has 3 rings (SSSR count). The average Bonchev–Trinajstić information content (AvgIpc) is 2.87. The second-order valence-corrected chi connectivity index (χ2v) is 5.93. The molecule has 16 heavy (non-hydrogen) atoms. The van der Waals surface area contributed by atoms with Gasteiger partial charge in [-0.25, -0.2) is 0 Å². The maximum atomic E-state index is 11.6. The highest BCUT2D eigenvalue weighted by atomic mass is 16.5. The van der Waals surface area contributed by atoms with Gasteiger partial charge in [0.25, 0.3) is 0 Å². The zero-order valence-electron chi connectivity index (χ0n) is 10.1. The minimum Gasteiger partial charge on any atom is -0.462 e. The number of hydrogen-bond donors (Lipinski definition) is 0. The number of carbonyl (C=O) groups excluding carboxylic acids is 1. The molecule has 0 unspecified atom stereocenters. The molecule has 0 amide bonds. The quantitative estimate of drug-likeness (QED) is 0.528. The number of rotatable bonds is 2. The molecule has 0 aromatic carbocycles. The fourth-order valence-corrected chi connectivity index (χ4v) is 3.92. The summed E-state index contributed by atoms with van der Waals surface area (Å²) in [5.41, 5.74) is 0. The monoisotopic (exact) mass is 220 g/mol. The molecular weight excluding hydrogens is 200 g/mol. The maximum Gasteiger partial charge on any atom is 0.308 e. The topological polar surface area (TPSA) is 26.3 Å². The van der Waals surface area contributed by atoms with Crippen molar-refractivity contribution >= 4 is 5.97 Å². The van der Waals surface area contributed by atoms with Gasteiger partial charge >= 0.3 is 5.97 Å². The van der Waals surface area contributed by atoms with E-state index in [2.05, 4.69) is 12.2 Å². The first-order valence-corrected chi connectivity index (χ1v) is 6.54. The first-order chi connectivity index (χ1) is 7.66. The number of fused-ring (bicyclic) bond motifs is 5. The van der Waals surface area contributed by atoms with Crippen molar-refractivity contribution < 1.29 is 9.53 Å². The number of carbonyl (C=O) groups is 1. The van der Waals surface area contributed by atoms with Gasteiger partial charge in [0.15, 0.2) is 0 Å². The van der Waals surface area contributed by atoms with Crippen LogP contribution in [0.5, 0.6) is 0 Å². The van der Waals surface area contributed by atoms with E-state index in [-0.39, 0.29) is 18.0 Å². The van der Waals surface area contributed by atoms with E-state index in [9.17, 15) is 4.79 Å². The van der Waals surface area contributed by atoms with E-state index in [0.717, 1.165) is 24.2 Å². The Hall–Kier alpha value is -0.790. The predicted molar refractivity (Wildman–Crippen MR) is 61.7 cm³/mol. The van der Waals surface area contributed by atoms with Gasteiger partial charge in [0.05, 0.1) is 5.92 Å². The predicted octanol–water partition coefficient (Wildman–Crippen LogP) is 2.79. The van der Waals surface area contributed by atoms with Crippen molar-refractivity contribution in [3.05, 3.63) is 12.2 Å². The maximum absolute atomic E-state index is 11.6. The molecule has 0 aromatic heterocycles. The van der Waals surface area contributed by atoms with Crippen LogP contribution in [0.15, 0.2) is 12.2 Å². The molecule has 0 heterocycles. The summed E-state index contributed by atoms with van der Waals surface area (Å²) in [6.07, 6.45) is 8.55. The zero-order chi connectivity index (χ0) is 11.3. The third-order valence-corrected chi connectivity index (χ3v) is 4.68. The Morgan fingerprint density at radius 1 is 1.31 bits per heavy atom. The SMILES string of the molecule is CC(C)C(=O)O[C@@H]1C[C@H]2C[C@@H]1[C@H]1CC=C[C@H]21. The molecule has 2 saturated carbocycles. The molecule has 0 aliphatic heterocycles. The van der Waals surface area contributed by atoms with Crippen LogP contribution in [-0.2, 0) is 9.53 Å². The Morgan fingerprint density at radius 2 is 2.12 bits per heavy atom. The van der Waals surface area contributed by atoms with Crippen LogP contribution < -0.4 is 0 Å². The van der Waals surface area contributed by atoms with E-state index in [4.69, 9.17) is 4.74 Å². The van der Waals surface area contributed by atoms with Crippen LogP contribution >= 0.6 is 0 Å². The Labute approximate surface area is 97.1 Å². The standard InChI is InChI=1S/C14H20O2/c1-8(2)14(15)16-13-7-9-6-12(13)11-5-3-4-10(9)11/h3-4,8-13H,5-7H2,1-2H3/t9-,10-,11+,12-,13-/m1/s1. The first kappa shape index (κ1) is 10.4. The average molecular weight is 220 g/mol. The highest BCUT2D eigenvalue weighted by molar-refractivity contribution is 5.71. The van der Waals surface area contributed by atoms with Crippen LogP contribution in [0, 0.1) is 29.6 Å². The Balaban J connectivity index is 1.67. The zero-order valence-corrected chi connectivity index (χ0v) is 10.1. The van der Waals surface area contributed by atoms with Crippen LogP contribution in [0.4, 0.5) is 0 Å². The van der Waals surface area contributed by atoms with Gasteiger partial charge in [0.2, 0.25) is 0 Å². The molecular formula is C14H20O2. The molecule has 0 N–H and O–H groups in total. The van der Waals surface area contributed by atoms with Crippen LogP contribution in [0.25, 0.3) is 0 Å². The smallest absolute Gasteiger partial charge is 0.308 e. The summed E-state index contributed by atoms with van der Waals surface area (Å²) < 4.78 is 5.65. The number of ether oxygens (including phenoxy) is 1. The van der Waals surface area contributed by atoms with Gasteiger partial charge in [0, 0.05) is 0 Å². The number of hydrogen-bond acceptors (Lipinski definition) is 2. The third kappa shape index (κ3) is 1.42. The molecule has 2 nitrogen and oxygen atoms in total. The van der Waals surface area contributed by atoms with Gasteiger partial charge < -0.3 is 4.74 Å². The summed E-state index contributed by atoms with van der Waals surface area (Å²) in [7, 11) is 0. The summed E-state index contributed by atoms with van der Waals surface area (Å²) in [5.74, 6) is 3.02. The van der Waals surface area contributed by atoms with Crippen molar-refractivity contribution in [2.45, 2.75) is 39.2 Å². The lowest BCUT2D eigenvalue weighted by Gasteiger charge is -2.31. The summed E-state index contributed by atoms with van der Waals surface area (Å²) in [6.45, 7) is 3.82. The van der Waals surface area contributed by atoms with Crippen LogP contribution in [0.3, 0.4) is 0 Å². The molecule has 0 radical (unpaired) electrons. The Kier molecular flexibility index (Phi) is 2.34. The summed E-state index contributed by atoms with van der Waals surface area (Å²) in [6, 6.07) is 0. The molecule has 3 aliphatic rings. The van der Waals surface area contributed by atoms with Gasteiger partial charge in [-0.1, -0.05) is 26.0 Å². The lowest BCUT2D eigenvalue weighted by molar-refractivity contribution is -0.156. The Bertz CT molecular complexity index is 332. The largest absolute Gasteiger partial charge is 0.462 e. The molecule has 0 aromatic rings. The molecule has 2 bridgehead atoms. The normalized spacial score (nSPS) is 44.1. The summed E-state index contributed by atoms with van der Waals surface area (Å²) >= 11 is 0. The van der Waals surface area contributed by atoms with Gasteiger partial charge in [-0.15, -0.1) is 0 Å². The fraction of sp³-hybridized carbons (Fsp3) is 0.786. The second-order valence-electron chi connectivity index (χ2n) is 5.93. The fourth-order valence-electron chi connectivity index (χ4n) is 3.92. The molecule has 0 saturated heterocycles. The van der Waals surface area contributed by atoms with Gasteiger partial charge in [-0.2, -0.15) is 0 Å². The second kappa shape index (κ2) is 3.61. The molecule has 2 heteroatoms. The van der Waals surface area contributed by atoms with Crippen molar-refractivity contribution in [3.8, 4) is 0 Å². The minimum atomic E-state index is -0.0138. The van der Waals surface area contributed by atoms with Crippen LogP contribution in [-0.4, -0.2) is 12.1 Å². The van der Waals surface area contributed by atoms with E-state index >= 15 is 0 Å². The van der Waals surface area contributed by atoms with Crippen LogP contribution in [0.1, 0.15) is 33.1 Å². The highest BCUT2D eigenvalue weighted by Gasteiger charge is 2.53. The van der Waals surface area contributed by atoms with E-state index < -0.39 is 0 Å². The van der Waals surface area contributed by atoms with Gasteiger partial charge in [-0.05, 0) is 42.9 Å². The molecule has 3 aliphatic carbocycles. The minimum absolute atomic E-state index is 0.0108. The molecule has 2 fully saturated rings. The van der Waals surface area contributed by atoms with E-state index in [1.807, 2.05) is 13.8 Å². The van der Waals surface area contributed by atoms with E-state index in [0.29, 0.717) is 5.92 Å². The number of esters is 1. The van der Waals surface area contributed by atoms with E-state index in [1.165, 1.54) is 12.8 Å². The summed E-state index contributed by atoms with van der Waals surface area (Å²) in [4.78, 5) is 11.6. The lowest BCUT2D eigenvalue weighted by atomic mass is 9.80. The van der Waals surface area contributed by atoms with Gasteiger partial charge in [0.1, 0.15) is 6.10 Å². The van der Waals surface area contributed by atoms with Gasteiger partial charge in [-0.3, -0.25) is 4.79 Å². The van der Waals surface area contributed by atoms with Crippen molar-refractivity contribution in [2.75, 3.05) is 0 Å². The van der Waals surface area contributed by atoms with Crippen LogP contribution in [0.2, 0.25) is 0 Å². The Morgan fingerprint density at radius 3 is 2.88 bits per heavy atom. The first-order valence-electron chi connectivity index (χ1n) is 6.54. The van der Waals surface area contributed by atoms with Crippen molar-refractivity contribution in [3.63, 3.8) is 0 Å². The molecule has 88 valence electrons.